The summed E-state index contributed by atoms with van der Waals surface area (Å²) in [6.45, 7) is 2.37. The molecule has 0 radical (unpaired) electrons. The van der Waals surface area contributed by atoms with Gasteiger partial charge in [-0.3, -0.25) is 0 Å². The van der Waals surface area contributed by atoms with E-state index in [1.807, 2.05) is 13.1 Å². The van der Waals surface area contributed by atoms with Crippen LogP contribution in [0, 0.1) is 5.41 Å². The van der Waals surface area contributed by atoms with Gasteiger partial charge in [0, 0.05) is 11.6 Å². The normalized spacial score (nSPS) is 21.4. The molecule has 1 heterocycles. The van der Waals surface area contributed by atoms with Crippen molar-refractivity contribution in [3.8, 4) is 0 Å². The molecule has 1 aromatic rings. The summed E-state index contributed by atoms with van der Waals surface area (Å²) in [6.07, 6.45) is 6.54. The molecule has 1 aliphatic rings. The summed E-state index contributed by atoms with van der Waals surface area (Å²) >= 11 is 13.8. The van der Waals surface area contributed by atoms with Crippen LogP contribution in [-0.2, 0) is 0 Å². The van der Waals surface area contributed by atoms with Crippen LogP contribution in [0.4, 0.5) is 0 Å². The Bertz CT molecular complexity index is 383. The van der Waals surface area contributed by atoms with E-state index < -0.39 is 0 Å². The van der Waals surface area contributed by atoms with Crippen molar-refractivity contribution in [3.05, 3.63) is 20.3 Å². The highest BCUT2D eigenvalue weighted by molar-refractivity contribution is 7.20. The monoisotopic (exact) mass is 291 g/mol. The van der Waals surface area contributed by atoms with Gasteiger partial charge in [0.15, 0.2) is 0 Å². The van der Waals surface area contributed by atoms with E-state index in [1.165, 1.54) is 49.0 Å². The molecule has 4 heteroatoms. The molecular formula is C13H19Cl2NS. The van der Waals surface area contributed by atoms with Crippen molar-refractivity contribution in [1.82, 2.24) is 5.32 Å². The highest BCUT2D eigenvalue weighted by Crippen LogP contribution is 2.48. The predicted octanol–water partition coefficient (Wildman–Crippen LogP) is 5.29. The van der Waals surface area contributed by atoms with Crippen LogP contribution in [0.3, 0.4) is 0 Å². The molecule has 1 N–H and O–H groups in total. The van der Waals surface area contributed by atoms with Gasteiger partial charge in [0.25, 0.3) is 0 Å². The lowest BCUT2D eigenvalue weighted by Crippen LogP contribution is -2.35. The average molecular weight is 292 g/mol. The van der Waals surface area contributed by atoms with Crippen molar-refractivity contribution in [1.29, 1.82) is 0 Å². The molecule has 1 aromatic heterocycles. The van der Waals surface area contributed by atoms with Gasteiger partial charge in [-0.1, -0.05) is 49.4 Å². The molecular weight excluding hydrogens is 273 g/mol. The maximum atomic E-state index is 6.29. The number of rotatable bonds is 3. The van der Waals surface area contributed by atoms with E-state index in [1.54, 1.807) is 0 Å². The van der Waals surface area contributed by atoms with Gasteiger partial charge in [-0.15, -0.1) is 11.3 Å². The molecule has 1 aliphatic carbocycles. The lowest BCUT2D eigenvalue weighted by atomic mass is 9.69. The minimum absolute atomic E-state index is 0.307. The lowest BCUT2D eigenvalue weighted by molar-refractivity contribution is 0.151. The maximum absolute atomic E-state index is 6.29. The third-order valence-corrected chi connectivity index (χ3v) is 5.49. The van der Waals surface area contributed by atoms with Gasteiger partial charge in [0.05, 0.1) is 8.67 Å². The molecule has 0 saturated heterocycles. The van der Waals surface area contributed by atoms with Crippen molar-refractivity contribution < 1.29 is 0 Å². The number of nitrogens with one attached hydrogen (secondary N) is 1. The summed E-state index contributed by atoms with van der Waals surface area (Å²) in [5.74, 6) is 0. The zero-order chi connectivity index (χ0) is 12.5. The van der Waals surface area contributed by atoms with Gasteiger partial charge in [-0.2, -0.15) is 0 Å². The number of thiophene rings is 1. The van der Waals surface area contributed by atoms with Crippen LogP contribution < -0.4 is 5.32 Å². The minimum Gasteiger partial charge on any atom is -0.312 e. The standard InChI is InChI=1S/C13H19Cl2NS/c1-13(6-4-3-5-7-13)11(16-2)9-8-10(14)17-12(9)15/h8,11,16H,3-7H2,1-2H3. The first-order chi connectivity index (χ1) is 8.07. The van der Waals surface area contributed by atoms with E-state index in [4.69, 9.17) is 23.2 Å². The molecule has 0 bridgehead atoms. The fraction of sp³-hybridized carbons (Fsp3) is 0.692. The molecule has 0 amide bonds. The summed E-state index contributed by atoms with van der Waals surface area (Å²) in [5.41, 5.74) is 1.48. The molecule has 1 saturated carbocycles. The minimum atomic E-state index is 0.307. The summed E-state index contributed by atoms with van der Waals surface area (Å²) in [6, 6.07) is 2.34. The quantitative estimate of drug-likeness (QED) is 0.798. The Morgan fingerprint density at radius 1 is 1.29 bits per heavy atom. The van der Waals surface area contributed by atoms with E-state index in [2.05, 4.69) is 12.2 Å². The first-order valence-electron chi connectivity index (χ1n) is 6.19. The van der Waals surface area contributed by atoms with E-state index in [0.29, 0.717) is 11.5 Å². The topological polar surface area (TPSA) is 12.0 Å². The predicted molar refractivity (Wildman–Crippen MR) is 77.3 cm³/mol. The number of hydrogen-bond acceptors (Lipinski definition) is 2. The Kier molecular flexibility index (Phi) is 4.40. The highest BCUT2D eigenvalue weighted by Gasteiger charge is 2.37. The Morgan fingerprint density at radius 3 is 2.41 bits per heavy atom. The molecule has 0 spiro atoms. The second-order valence-electron chi connectivity index (χ2n) is 5.22. The van der Waals surface area contributed by atoms with Gasteiger partial charge < -0.3 is 5.32 Å². The van der Waals surface area contributed by atoms with Gasteiger partial charge in [0.2, 0.25) is 0 Å². The first-order valence-corrected chi connectivity index (χ1v) is 7.76. The molecule has 0 aliphatic heterocycles. The zero-order valence-electron chi connectivity index (χ0n) is 10.4. The fourth-order valence-electron chi connectivity index (χ4n) is 3.08. The van der Waals surface area contributed by atoms with E-state index in [-0.39, 0.29) is 0 Å². The van der Waals surface area contributed by atoms with Crippen LogP contribution in [0.2, 0.25) is 8.67 Å². The largest absolute Gasteiger partial charge is 0.312 e. The maximum Gasteiger partial charge on any atom is 0.0992 e. The van der Waals surface area contributed by atoms with Crippen molar-refractivity contribution in [2.45, 2.75) is 45.1 Å². The molecule has 1 atom stereocenters. The summed E-state index contributed by atoms with van der Waals surface area (Å²) in [7, 11) is 2.02. The Balaban J connectivity index is 2.29. The summed E-state index contributed by atoms with van der Waals surface area (Å²) < 4.78 is 1.62. The van der Waals surface area contributed by atoms with Crippen LogP contribution in [-0.4, -0.2) is 7.05 Å². The smallest absolute Gasteiger partial charge is 0.0992 e. The molecule has 1 fully saturated rings. The molecule has 0 aromatic carbocycles. The van der Waals surface area contributed by atoms with Gasteiger partial charge in [0.1, 0.15) is 0 Å². The van der Waals surface area contributed by atoms with E-state index >= 15 is 0 Å². The lowest BCUT2D eigenvalue weighted by Gasteiger charge is -2.40. The Morgan fingerprint density at radius 2 is 1.94 bits per heavy atom. The molecule has 2 rings (SSSR count). The average Bonchev–Trinajstić information content (AvgIpc) is 2.60. The first kappa shape index (κ1) is 13.7. The summed E-state index contributed by atoms with van der Waals surface area (Å²) in [5, 5.41) is 3.45. The third-order valence-electron chi connectivity index (χ3n) is 3.98. The Labute approximate surface area is 118 Å². The van der Waals surface area contributed by atoms with Gasteiger partial charge in [-0.25, -0.2) is 0 Å². The van der Waals surface area contributed by atoms with E-state index in [0.717, 1.165) is 8.67 Å². The third kappa shape index (κ3) is 2.81. The number of halogens is 2. The molecule has 96 valence electrons. The van der Waals surface area contributed by atoms with Gasteiger partial charge >= 0.3 is 0 Å². The molecule has 1 unspecified atom stereocenters. The fourth-order valence-corrected chi connectivity index (χ4v) is 4.61. The van der Waals surface area contributed by atoms with Crippen molar-refractivity contribution in [2.24, 2.45) is 5.41 Å². The van der Waals surface area contributed by atoms with Crippen LogP contribution in [0.15, 0.2) is 6.07 Å². The van der Waals surface area contributed by atoms with Crippen molar-refractivity contribution >= 4 is 34.5 Å². The van der Waals surface area contributed by atoms with Crippen molar-refractivity contribution in [2.75, 3.05) is 7.05 Å². The van der Waals surface area contributed by atoms with Crippen LogP contribution in [0.25, 0.3) is 0 Å². The number of hydrogen-bond donors (Lipinski definition) is 1. The summed E-state index contributed by atoms with van der Waals surface area (Å²) in [4.78, 5) is 0. The Hall–Kier alpha value is 0.240. The van der Waals surface area contributed by atoms with Crippen LogP contribution in [0.1, 0.15) is 50.6 Å². The van der Waals surface area contributed by atoms with Crippen molar-refractivity contribution in [3.63, 3.8) is 0 Å². The second kappa shape index (κ2) is 5.48. The molecule has 1 nitrogen and oxygen atoms in total. The SMILES string of the molecule is CNC(c1cc(Cl)sc1Cl)C1(C)CCCCC1. The van der Waals surface area contributed by atoms with Crippen LogP contribution >= 0.6 is 34.5 Å². The highest BCUT2D eigenvalue weighted by atomic mass is 35.5. The van der Waals surface area contributed by atoms with E-state index in [9.17, 15) is 0 Å². The van der Waals surface area contributed by atoms with Crippen LogP contribution in [0.5, 0.6) is 0 Å². The second-order valence-corrected chi connectivity index (χ2v) is 7.50. The van der Waals surface area contributed by atoms with Gasteiger partial charge in [-0.05, 0) is 31.4 Å². The zero-order valence-corrected chi connectivity index (χ0v) is 12.7. The molecule has 17 heavy (non-hydrogen) atoms.